The Morgan fingerprint density at radius 1 is 1.25 bits per heavy atom. The Labute approximate surface area is 192 Å². The van der Waals surface area contributed by atoms with Crippen LogP contribution >= 0.6 is 11.6 Å². The first-order valence-electron chi connectivity index (χ1n) is 10.7. The molecular weight excluding hydrogens is 431 g/mol. The third kappa shape index (κ3) is 6.24. The summed E-state index contributed by atoms with van der Waals surface area (Å²) in [7, 11) is 1.50. The van der Waals surface area contributed by atoms with Gasteiger partial charge in [0.15, 0.2) is 11.5 Å². The quantitative estimate of drug-likeness (QED) is 0.324. The molecular formula is C25H26ClFN2O3. The maximum Gasteiger partial charge on any atom is 0.262 e. The molecule has 0 radical (unpaired) electrons. The molecule has 0 spiro atoms. The van der Waals surface area contributed by atoms with Gasteiger partial charge in [-0.25, -0.2) is 4.39 Å². The van der Waals surface area contributed by atoms with Crippen LogP contribution in [0, 0.1) is 17.1 Å². The van der Waals surface area contributed by atoms with Crippen LogP contribution in [0.3, 0.4) is 0 Å². The summed E-state index contributed by atoms with van der Waals surface area (Å²) in [5.74, 6) is -0.0170. The van der Waals surface area contributed by atoms with Crippen molar-refractivity contribution < 1.29 is 18.7 Å². The van der Waals surface area contributed by atoms with E-state index in [0.717, 1.165) is 25.7 Å². The van der Waals surface area contributed by atoms with E-state index in [1.54, 1.807) is 24.3 Å². The molecule has 0 bridgehead atoms. The summed E-state index contributed by atoms with van der Waals surface area (Å²) in [4.78, 5) is 12.8. The van der Waals surface area contributed by atoms with Crippen molar-refractivity contribution in [1.82, 2.24) is 5.32 Å². The molecule has 1 aliphatic rings. The fourth-order valence-corrected chi connectivity index (χ4v) is 3.96. The summed E-state index contributed by atoms with van der Waals surface area (Å²) < 4.78 is 24.7. The van der Waals surface area contributed by atoms with Crippen molar-refractivity contribution in [2.75, 3.05) is 7.11 Å². The van der Waals surface area contributed by atoms with Crippen LogP contribution in [-0.4, -0.2) is 19.1 Å². The van der Waals surface area contributed by atoms with Crippen molar-refractivity contribution in [3.05, 3.63) is 63.9 Å². The molecule has 1 aliphatic carbocycles. The van der Waals surface area contributed by atoms with Gasteiger partial charge in [-0.15, -0.1) is 0 Å². The van der Waals surface area contributed by atoms with Crippen LogP contribution in [0.25, 0.3) is 6.08 Å². The summed E-state index contributed by atoms with van der Waals surface area (Å²) in [6.07, 6.45) is 7.86. The van der Waals surface area contributed by atoms with Crippen LogP contribution in [-0.2, 0) is 11.4 Å². The van der Waals surface area contributed by atoms with Gasteiger partial charge in [0, 0.05) is 17.2 Å². The highest BCUT2D eigenvalue weighted by Gasteiger charge is 2.19. The number of amides is 1. The Hall–Kier alpha value is -3.04. The first kappa shape index (κ1) is 23.6. The number of halogens is 2. The first-order chi connectivity index (χ1) is 15.5. The number of hydrogen-bond acceptors (Lipinski definition) is 4. The zero-order valence-corrected chi connectivity index (χ0v) is 18.8. The minimum absolute atomic E-state index is 0.00726. The van der Waals surface area contributed by atoms with E-state index in [9.17, 15) is 14.4 Å². The second kappa shape index (κ2) is 11.5. The molecule has 1 fully saturated rings. The Bertz CT molecular complexity index is 1020. The van der Waals surface area contributed by atoms with Gasteiger partial charge in [0.05, 0.1) is 12.1 Å². The number of benzene rings is 2. The predicted molar refractivity (Wildman–Crippen MR) is 122 cm³/mol. The van der Waals surface area contributed by atoms with Crippen molar-refractivity contribution >= 4 is 23.6 Å². The van der Waals surface area contributed by atoms with Gasteiger partial charge >= 0.3 is 0 Å². The molecule has 3 rings (SSSR count). The molecule has 0 unspecified atom stereocenters. The molecule has 0 aromatic heterocycles. The van der Waals surface area contributed by atoms with Crippen molar-refractivity contribution in [3.8, 4) is 17.6 Å². The van der Waals surface area contributed by atoms with Gasteiger partial charge in [-0.3, -0.25) is 4.79 Å². The molecule has 0 atom stereocenters. The van der Waals surface area contributed by atoms with Gasteiger partial charge in [-0.2, -0.15) is 5.26 Å². The van der Waals surface area contributed by atoms with Gasteiger partial charge in [-0.05, 0) is 37.1 Å². The van der Waals surface area contributed by atoms with E-state index in [2.05, 4.69) is 5.32 Å². The standard InChI is InChI=1S/C25H26ClFN2O3/c1-31-23-10-6-7-17(24(23)32-16-18-11-12-20(27)14-22(18)26)13-19(15-28)25(30)29-21-8-4-2-3-5-9-21/h6-7,10-14,21H,2-5,8-9,16H2,1H3,(H,29,30)/b19-13+. The molecule has 1 saturated carbocycles. The number of para-hydroxylation sites is 1. The summed E-state index contributed by atoms with van der Waals surface area (Å²) in [5.41, 5.74) is 1.11. The van der Waals surface area contributed by atoms with E-state index in [1.165, 1.54) is 38.2 Å². The molecule has 5 nitrogen and oxygen atoms in total. The van der Waals surface area contributed by atoms with Gasteiger partial charge in [-0.1, -0.05) is 55.5 Å². The Morgan fingerprint density at radius 3 is 2.66 bits per heavy atom. The number of rotatable bonds is 7. The second-order valence-electron chi connectivity index (χ2n) is 7.73. The highest BCUT2D eigenvalue weighted by molar-refractivity contribution is 6.31. The highest BCUT2D eigenvalue weighted by Crippen LogP contribution is 2.34. The topological polar surface area (TPSA) is 71.3 Å². The first-order valence-corrected chi connectivity index (χ1v) is 11.1. The van der Waals surface area contributed by atoms with Crippen LogP contribution in [0.2, 0.25) is 5.02 Å². The molecule has 0 saturated heterocycles. The Balaban J connectivity index is 1.83. The number of nitriles is 1. The third-order valence-corrected chi connectivity index (χ3v) is 5.82. The van der Waals surface area contributed by atoms with Crippen molar-refractivity contribution in [1.29, 1.82) is 5.26 Å². The maximum atomic E-state index is 13.3. The average molecular weight is 457 g/mol. The van der Waals surface area contributed by atoms with Crippen LogP contribution in [0.15, 0.2) is 42.0 Å². The molecule has 1 amide bonds. The summed E-state index contributed by atoms with van der Waals surface area (Å²) in [6, 6.07) is 11.4. The number of hydrogen-bond donors (Lipinski definition) is 1. The monoisotopic (exact) mass is 456 g/mol. The van der Waals surface area contributed by atoms with Crippen molar-refractivity contribution in [2.45, 2.75) is 51.2 Å². The number of methoxy groups -OCH3 is 1. The molecule has 168 valence electrons. The fraction of sp³-hybridized carbons (Fsp3) is 0.360. The van der Waals surface area contributed by atoms with E-state index in [-0.39, 0.29) is 23.2 Å². The molecule has 2 aromatic rings. The molecule has 0 aliphatic heterocycles. The third-order valence-electron chi connectivity index (χ3n) is 5.47. The smallest absolute Gasteiger partial charge is 0.262 e. The van der Waals surface area contributed by atoms with Crippen molar-refractivity contribution in [3.63, 3.8) is 0 Å². The van der Waals surface area contributed by atoms with E-state index < -0.39 is 11.7 Å². The van der Waals surface area contributed by atoms with Gasteiger partial charge in [0.1, 0.15) is 24.1 Å². The Morgan fingerprint density at radius 2 is 2.00 bits per heavy atom. The number of nitrogens with zero attached hydrogens (tertiary/aromatic N) is 1. The maximum absolute atomic E-state index is 13.3. The summed E-state index contributed by atoms with van der Waals surface area (Å²) in [6.45, 7) is 0.0660. The largest absolute Gasteiger partial charge is 0.493 e. The van der Waals surface area contributed by atoms with E-state index in [0.29, 0.717) is 22.6 Å². The lowest BCUT2D eigenvalue weighted by Crippen LogP contribution is -2.35. The average Bonchev–Trinajstić information content (AvgIpc) is 3.05. The van der Waals surface area contributed by atoms with E-state index in [1.807, 2.05) is 6.07 Å². The lowest BCUT2D eigenvalue weighted by atomic mass is 10.1. The molecule has 0 heterocycles. The van der Waals surface area contributed by atoms with E-state index >= 15 is 0 Å². The lowest BCUT2D eigenvalue weighted by Gasteiger charge is -2.16. The molecule has 32 heavy (non-hydrogen) atoms. The normalized spacial score (nSPS) is 14.9. The van der Waals surface area contributed by atoms with Gasteiger partial charge in [0.25, 0.3) is 5.91 Å². The minimum Gasteiger partial charge on any atom is -0.493 e. The molecule has 7 heteroatoms. The van der Waals surface area contributed by atoms with Crippen LogP contribution in [0.5, 0.6) is 11.5 Å². The van der Waals surface area contributed by atoms with Crippen molar-refractivity contribution in [2.24, 2.45) is 0 Å². The number of ether oxygens (including phenoxy) is 2. The van der Waals surface area contributed by atoms with E-state index in [4.69, 9.17) is 21.1 Å². The fourth-order valence-electron chi connectivity index (χ4n) is 3.74. The lowest BCUT2D eigenvalue weighted by molar-refractivity contribution is -0.117. The highest BCUT2D eigenvalue weighted by atomic mass is 35.5. The number of nitrogens with one attached hydrogen (secondary N) is 1. The minimum atomic E-state index is -0.432. The zero-order valence-electron chi connectivity index (χ0n) is 18.0. The number of carbonyl (C=O) groups is 1. The van der Waals surface area contributed by atoms with Crippen LogP contribution in [0.1, 0.15) is 49.7 Å². The predicted octanol–water partition coefficient (Wildman–Crippen LogP) is 5.81. The SMILES string of the molecule is COc1cccc(/C=C(\C#N)C(=O)NC2CCCCCC2)c1OCc1ccc(F)cc1Cl. The molecule has 1 N–H and O–H groups in total. The Kier molecular flexibility index (Phi) is 8.52. The number of carbonyl (C=O) groups excluding carboxylic acids is 1. The van der Waals surface area contributed by atoms with Gasteiger partial charge < -0.3 is 14.8 Å². The zero-order chi connectivity index (χ0) is 22.9. The van der Waals surface area contributed by atoms with Gasteiger partial charge in [0.2, 0.25) is 0 Å². The summed E-state index contributed by atoms with van der Waals surface area (Å²) >= 11 is 6.10. The van der Waals surface area contributed by atoms with Crippen LogP contribution < -0.4 is 14.8 Å². The second-order valence-corrected chi connectivity index (χ2v) is 8.14. The van der Waals surface area contributed by atoms with Crippen LogP contribution in [0.4, 0.5) is 4.39 Å². The summed E-state index contributed by atoms with van der Waals surface area (Å²) in [5, 5.41) is 12.9. The molecule has 2 aromatic carbocycles.